The van der Waals surface area contributed by atoms with Crippen molar-refractivity contribution in [3.05, 3.63) is 139 Å². The number of pyridine rings is 2. The minimum atomic E-state index is -0.0000939. The molecule has 0 amide bonds. The summed E-state index contributed by atoms with van der Waals surface area (Å²) in [5.74, 6) is 4.77. The van der Waals surface area contributed by atoms with Crippen molar-refractivity contribution in [3.63, 3.8) is 0 Å². The molecule has 6 nitrogen and oxygen atoms in total. The number of furan rings is 1. The molecule has 4 fully saturated rings. The van der Waals surface area contributed by atoms with Gasteiger partial charge in [-0.1, -0.05) is 97.1 Å². The Kier molecular flexibility index (Phi) is 6.13. The van der Waals surface area contributed by atoms with Gasteiger partial charge < -0.3 is 4.42 Å². The molecular weight excluding hydrogens is 651 g/mol. The fraction of sp³-hybridized carbons (Fsp3) is 0.213. The SMILES string of the molecule is c1ccc(-c2ccccc2-c2nc(-c3ccc4c(n3)-c3ncccc3C43C4CC5CC(C4)CC3C5)nc(-c3cccc4oc5ccccc5c34)n2)cc1. The summed E-state index contributed by atoms with van der Waals surface area (Å²) < 4.78 is 6.31. The van der Waals surface area contributed by atoms with Crippen LogP contribution in [0.1, 0.15) is 43.2 Å². The lowest BCUT2D eigenvalue weighted by Gasteiger charge is -2.60. The first-order valence-corrected chi connectivity index (χ1v) is 19.0. The van der Waals surface area contributed by atoms with Crippen molar-refractivity contribution < 1.29 is 4.42 Å². The fourth-order valence-electron chi connectivity index (χ4n) is 11.2. The van der Waals surface area contributed by atoms with E-state index >= 15 is 0 Å². The number of benzene rings is 4. The molecule has 6 heteroatoms. The maximum atomic E-state index is 6.31. The Hall–Kier alpha value is -6.01. The Morgan fingerprint density at radius 3 is 1.98 bits per heavy atom. The van der Waals surface area contributed by atoms with Gasteiger partial charge in [-0.25, -0.2) is 19.9 Å². The summed E-state index contributed by atoms with van der Waals surface area (Å²) in [6, 6.07) is 42.1. The summed E-state index contributed by atoms with van der Waals surface area (Å²) in [5, 5.41) is 2.03. The van der Waals surface area contributed by atoms with Crippen LogP contribution in [0.3, 0.4) is 0 Å². The molecule has 254 valence electrons. The van der Waals surface area contributed by atoms with E-state index in [1.165, 1.54) is 43.2 Å². The topological polar surface area (TPSA) is 77.6 Å². The summed E-state index contributed by atoms with van der Waals surface area (Å²) >= 11 is 0. The van der Waals surface area contributed by atoms with Crippen LogP contribution in [0.15, 0.2) is 132 Å². The molecule has 0 N–H and O–H groups in total. The van der Waals surface area contributed by atoms with Gasteiger partial charge in [0.25, 0.3) is 0 Å². The minimum absolute atomic E-state index is 0.0000939. The first-order chi connectivity index (χ1) is 26.2. The molecule has 8 aromatic rings. The van der Waals surface area contributed by atoms with E-state index in [1.54, 1.807) is 0 Å². The zero-order valence-electron chi connectivity index (χ0n) is 29.1. The fourth-order valence-corrected chi connectivity index (χ4v) is 11.2. The highest BCUT2D eigenvalue weighted by atomic mass is 16.3. The van der Waals surface area contributed by atoms with Crippen molar-refractivity contribution in [2.24, 2.45) is 23.7 Å². The minimum Gasteiger partial charge on any atom is -0.456 e. The number of fused-ring (bicyclic) bond motifs is 6. The maximum Gasteiger partial charge on any atom is 0.182 e. The van der Waals surface area contributed by atoms with Crippen molar-refractivity contribution >= 4 is 21.9 Å². The first-order valence-electron chi connectivity index (χ1n) is 19.0. The van der Waals surface area contributed by atoms with Crippen LogP contribution in [0.4, 0.5) is 0 Å². The molecular formula is C47H35N5O. The van der Waals surface area contributed by atoms with Crippen LogP contribution in [0.5, 0.6) is 0 Å². The van der Waals surface area contributed by atoms with Gasteiger partial charge in [-0.15, -0.1) is 0 Å². The normalized spacial score (nSPS) is 23.5. The van der Waals surface area contributed by atoms with Crippen LogP contribution >= 0.6 is 0 Å². The Bertz CT molecular complexity index is 2740. The highest BCUT2D eigenvalue weighted by Crippen LogP contribution is 2.68. The Balaban J connectivity index is 1.09. The summed E-state index contributed by atoms with van der Waals surface area (Å²) in [7, 11) is 0. The van der Waals surface area contributed by atoms with Crippen molar-refractivity contribution in [2.75, 3.05) is 0 Å². The first kappa shape index (κ1) is 29.6. The number of hydrogen-bond donors (Lipinski definition) is 0. The van der Waals surface area contributed by atoms with E-state index in [-0.39, 0.29) is 5.41 Å². The quantitative estimate of drug-likeness (QED) is 0.183. The molecule has 4 aromatic heterocycles. The Labute approximate surface area is 307 Å². The van der Waals surface area contributed by atoms with Gasteiger partial charge >= 0.3 is 0 Å². The van der Waals surface area contributed by atoms with Crippen LogP contribution in [-0.4, -0.2) is 24.9 Å². The second-order valence-corrected chi connectivity index (χ2v) is 15.7. The van der Waals surface area contributed by atoms with Crippen molar-refractivity contribution in [1.29, 1.82) is 0 Å². The highest BCUT2D eigenvalue weighted by Gasteiger charge is 2.62. The van der Waals surface area contributed by atoms with Crippen molar-refractivity contribution in [2.45, 2.75) is 37.5 Å². The molecule has 53 heavy (non-hydrogen) atoms. The zero-order valence-corrected chi connectivity index (χ0v) is 29.1. The molecule has 4 aromatic carbocycles. The number of aromatic nitrogens is 5. The largest absolute Gasteiger partial charge is 0.456 e. The standard InChI is InChI=1S/C47H35N5O/c1-2-10-29(11-3-1)32-12-4-5-13-33(32)44-50-45(35-15-8-18-40-41(35)34-14-6-7-17-39(34)53-40)52-46(51-44)38-20-19-37-43(49-38)42-36(16-9-21-48-42)47(37)30-23-27-22-28(25-30)26-31(47)24-27/h1-21,27-28,30-31H,22-26H2. The molecule has 0 aliphatic heterocycles. The molecule has 13 rings (SSSR count). The van der Waals surface area contributed by atoms with E-state index in [2.05, 4.69) is 84.9 Å². The maximum absolute atomic E-state index is 6.31. The van der Waals surface area contributed by atoms with Gasteiger partial charge in [0.2, 0.25) is 0 Å². The number of hydrogen-bond acceptors (Lipinski definition) is 6. The van der Waals surface area contributed by atoms with E-state index in [0.717, 1.165) is 73.1 Å². The van der Waals surface area contributed by atoms with Gasteiger partial charge in [0.1, 0.15) is 16.9 Å². The van der Waals surface area contributed by atoms with Gasteiger partial charge in [-0.05, 0) is 102 Å². The van der Waals surface area contributed by atoms with Gasteiger partial charge in [-0.2, -0.15) is 0 Å². The van der Waals surface area contributed by atoms with Gasteiger partial charge in [0.15, 0.2) is 17.5 Å². The summed E-state index contributed by atoms with van der Waals surface area (Å²) in [6.07, 6.45) is 8.62. The number of para-hydroxylation sites is 1. The predicted octanol–water partition coefficient (Wildman–Crippen LogP) is 11.0. The average Bonchev–Trinajstić information content (AvgIpc) is 3.74. The third kappa shape index (κ3) is 4.18. The Morgan fingerprint density at radius 1 is 0.491 bits per heavy atom. The van der Waals surface area contributed by atoms with Crippen molar-refractivity contribution in [3.8, 4) is 56.8 Å². The molecule has 0 unspecified atom stereocenters. The van der Waals surface area contributed by atoms with Crippen LogP contribution in [-0.2, 0) is 5.41 Å². The van der Waals surface area contributed by atoms with Gasteiger partial charge in [-0.3, -0.25) is 4.98 Å². The molecule has 4 heterocycles. The average molecular weight is 686 g/mol. The second-order valence-electron chi connectivity index (χ2n) is 15.7. The monoisotopic (exact) mass is 685 g/mol. The second kappa shape index (κ2) is 11.0. The third-order valence-corrected chi connectivity index (χ3v) is 13.0. The van der Waals surface area contributed by atoms with Crippen LogP contribution in [0, 0.1) is 23.7 Å². The molecule has 0 saturated heterocycles. The van der Waals surface area contributed by atoms with E-state index in [1.807, 2.05) is 42.6 Å². The van der Waals surface area contributed by atoms with Gasteiger partial charge in [0, 0.05) is 33.5 Å². The predicted molar refractivity (Wildman–Crippen MR) is 208 cm³/mol. The Morgan fingerprint density at radius 2 is 1.15 bits per heavy atom. The molecule has 0 atom stereocenters. The smallest absolute Gasteiger partial charge is 0.182 e. The summed E-state index contributed by atoms with van der Waals surface area (Å²) in [6.45, 7) is 0. The van der Waals surface area contributed by atoms with Crippen LogP contribution in [0.2, 0.25) is 0 Å². The van der Waals surface area contributed by atoms with E-state index in [9.17, 15) is 0 Å². The van der Waals surface area contributed by atoms with E-state index in [0.29, 0.717) is 29.3 Å². The van der Waals surface area contributed by atoms with Crippen molar-refractivity contribution in [1.82, 2.24) is 24.9 Å². The van der Waals surface area contributed by atoms with Gasteiger partial charge in [0.05, 0.1) is 11.4 Å². The molecule has 5 aliphatic carbocycles. The molecule has 0 radical (unpaired) electrons. The van der Waals surface area contributed by atoms with E-state index < -0.39 is 0 Å². The van der Waals surface area contributed by atoms with Crippen LogP contribution < -0.4 is 0 Å². The molecule has 4 saturated carbocycles. The molecule has 4 bridgehead atoms. The molecule has 1 spiro atoms. The lowest BCUT2D eigenvalue weighted by molar-refractivity contribution is -0.0400. The summed E-state index contributed by atoms with van der Waals surface area (Å²) in [4.78, 5) is 26.3. The lowest BCUT2D eigenvalue weighted by atomic mass is 9.43. The molecule has 5 aliphatic rings. The summed E-state index contributed by atoms with van der Waals surface area (Å²) in [5.41, 5.74) is 11.2. The van der Waals surface area contributed by atoms with E-state index in [4.69, 9.17) is 29.3 Å². The lowest BCUT2D eigenvalue weighted by Crippen LogP contribution is -2.55. The number of nitrogens with zero attached hydrogens (tertiary/aromatic N) is 5. The third-order valence-electron chi connectivity index (χ3n) is 13.0. The van der Waals surface area contributed by atoms with Crippen LogP contribution in [0.25, 0.3) is 78.7 Å². The number of rotatable bonds is 4. The zero-order chi connectivity index (χ0) is 34.7. The highest BCUT2D eigenvalue weighted by molar-refractivity contribution is 6.11.